The minimum absolute atomic E-state index is 0.290. The Morgan fingerprint density at radius 1 is 1.08 bits per heavy atom. The summed E-state index contributed by atoms with van der Waals surface area (Å²) in [5.41, 5.74) is 3.32. The molecule has 0 aliphatic rings. The zero-order chi connectivity index (χ0) is 17.8. The Bertz CT molecular complexity index is 907. The normalized spacial score (nSPS) is 11.4. The monoisotopic (exact) mass is 350 g/mol. The fraction of sp³-hybridized carbons (Fsp3) is 0.0952. The van der Waals surface area contributed by atoms with Gasteiger partial charge in [-0.15, -0.1) is 11.3 Å². The van der Waals surface area contributed by atoms with Crippen LogP contribution in [0, 0.1) is 13.8 Å². The van der Waals surface area contributed by atoms with Gasteiger partial charge in [-0.1, -0.05) is 30.3 Å². The summed E-state index contributed by atoms with van der Waals surface area (Å²) in [7, 11) is 0. The lowest BCUT2D eigenvalue weighted by atomic mass is 10.1. The van der Waals surface area contributed by atoms with Gasteiger partial charge >= 0.3 is 5.97 Å². The molecule has 3 rings (SSSR count). The molecule has 1 N–H and O–H groups in total. The van der Waals surface area contributed by atoms with Crippen LogP contribution in [-0.4, -0.2) is 11.1 Å². The van der Waals surface area contributed by atoms with Gasteiger partial charge in [-0.3, -0.25) is 0 Å². The summed E-state index contributed by atoms with van der Waals surface area (Å²) in [6.07, 6.45) is 1.68. The van der Waals surface area contributed by atoms with E-state index in [-0.39, 0.29) is 5.57 Å². The lowest BCUT2D eigenvalue weighted by Gasteiger charge is -2.10. The van der Waals surface area contributed by atoms with Crippen molar-refractivity contribution in [3.05, 3.63) is 81.5 Å². The van der Waals surface area contributed by atoms with Crippen LogP contribution in [-0.2, 0) is 4.79 Å². The van der Waals surface area contributed by atoms with Crippen LogP contribution in [0.25, 0.3) is 11.6 Å². The molecule has 2 aromatic carbocycles. The zero-order valence-corrected chi connectivity index (χ0v) is 14.8. The second-order valence-electron chi connectivity index (χ2n) is 5.78. The molecule has 0 spiro atoms. The van der Waals surface area contributed by atoms with Crippen LogP contribution >= 0.6 is 11.3 Å². The van der Waals surface area contributed by atoms with Crippen LogP contribution in [0.5, 0.6) is 11.5 Å². The van der Waals surface area contributed by atoms with Crippen molar-refractivity contribution in [3.63, 3.8) is 0 Å². The number of aryl methyl sites for hydroxylation is 2. The SMILES string of the molecule is Cc1ccc(C)c(Oc2ccc(/C=C(\C(=O)O)c3cccs3)cc2)c1. The molecule has 0 amide bonds. The quantitative estimate of drug-likeness (QED) is 0.593. The number of benzene rings is 2. The molecule has 3 nitrogen and oxygen atoms in total. The smallest absolute Gasteiger partial charge is 0.337 e. The van der Waals surface area contributed by atoms with Gasteiger partial charge in [-0.2, -0.15) is 0 Å². The van der Waals surface area contributed by atoms with E-state index >= 15 is 0 Å². The van der Waals surface area contributed by atoms with Crippen LogP contribution in [0.2, 0.25) is 0 Å². The van der Waals surface area contributed by atoms with Crippen LogP contribution in [0.4, 0.5) is 0 Å². The second kappa shape index (κ2) is 7.36. The highest BCUT2D eigenvalue weighted by atomic mass is 32.1. The molecule has 25 heavy (non-hydrogen) atoms. The molecule has 0 saturated heterocycles. The molecule has 0 aliphatic heterocycles. The van der Waals surface area contributed by atoms with Crippen LogP contribution < -0.4 is 4.74 Å². The van der Waals surface area contributed by atoms with Crippen molar-refractivity contribution in [3.8, 4) is 11.5 Å². The summed E-state index contributed by atoms with van der Waals surface area (Å²) in [5, 5.41) is 11.3. The summed E-state index contributed by atoms with van der Waals surface area (Å²) >= 11 is 1.41. The topological polar surface area (TPSA) is 46.5 Å². The molecule has 0 saturated carbocycles. The van der Waals surface area contributed by atoms with Gasteiger partial charge in [0.1, 0.15) is 11.5 Å². The van der Waals surface area contributed by atoms with Crippen molar-refractivity contribution in [2.24, 2.45) is 0 Å². The van der Waals surface area contributed by atoms with E-state index in [0.29, 0.717) is 0 Å². The van der Waals surface area contributed by atoms with Gasteiger partial charge in [0.15, 0.2) is 0 Å². The predicted molar refractivity (Wildman–Crippen MR) is 102 cm³/mol. The first kappa shape index (κ1) is 17.0. The summed E-state index contributed by atoms with van der Waals surface area (Å²) in [5.74, 6) is 0.616. The van der Waals surface area contributed by atoms with E-state index in [9.17, 15) is 9.90 Å². The maximum absolute atomic E-state index is 11.5. The highest BCUT2D eigenvalue weighted by Crippen LogP contribution is 2.28. The Morgan fingerprint density at radius 2 is 1.84 bits per heavy atom. The maximum atomic E-state index is 11.5. The first-order valence-electron chi connectivity index (χ1n) is 7.87. The van der Waals surface area contributed by atoms with Gasteiger partial charge in [-0.05, 0) is 66.3 Å². The molecule has 0 unspecified atom stereocenters. The third-order valence-electron chi connectivity index (χ3n) is 3.78. The summed E-state index contributed by atoms with van der Waals surface area (Å²) in [6.45, 7) is 4.03. The average Bonchev–Trinajstić information content (AvgIpc) is 3.11. The fourth-order valence-corrected chi connectivity index (χ4v) is 3.15. The fourth-order valence-electron chi connectivity index (χ4n) is 2.41. The number of thiophene rings is 1. The average molecular weight is 350 g/mol. The zero-order valence-electron chi connectivity index (χ0n) is 14.0. The van der Waals surface area contributed by atoms with E-state index in [1.54, 1.807) is 6.08 Å². The number of carboxylic acids is 1. The van der Waals surface area contributed by atoms with E-state index in [0.717, 1.165) is 33.1 Å². The summed E-state index contributed by atoms with van der Waals surface area (Å²) < 4.78 is 5.93. The van der Waals surface area contributed by atoms with E-state index in [2.05, 4.69) is 0 Å². The van der Waals surface area contributed by atoms with E-state index in [1.807, 2.05) is 73.8 Å². The second-order valence-corrected chi connectivity index (χ2v) is 6.73. The molecule has 3 aromatic rings. The molecule has 0 fully saturated rings. The number of hydrogen-bond acceptors (Lipinski definition) is 3. The minimum Gasteiger partial charge on any atom is -0.478 e. The predicted octanol–water partition coefficient (Wildman–Crippen LogP) is 5.78. The van der Waals surface area contributed by atoms with Crippen molar-refractivity contribution in [2.45, 2.75) is 13.8 Å². The van der Waals surface area contributed by atoms with Gasteiger partial charge in [0.25, 0.3) is 0 Å². The highest BCUT2D eigenvalue weighted by molar-refractivity contribution is 7.11. The minimum atomic E-state index is -0.932. The number of aliphatic carboxylic acids is 1. The number of carboxylic acid groups (broad SMARTS) is 1. The van der Waals surface area contributed by atoms with Gasteiger partial charge in [0.2, 0.25) is 0 Å². The lowest BCUT2D eigenvalue weighted by molar-refractivity contribution is -0.130. The van der Waals surface area contributed by atoms with E-state index < -0.39 is 5.97 Å². The third-order valence-corrected chi connectivity index (χ3v) is 4.68. The Balaban J connectivity index is 1.83. The van der Waals surface area contributed by atoms with Gasteiger partial charge < -0.3 is 9.84 Å². The van der Waals surface area contributed by atoms with Gasteiger partial charge in [0, 0.05) is 4.88 Å². The van der Waals surface area contributed by atoms with E-state index in [1.165, 1.54) is 11.3 Å². The summed E-state index contributed by atoms with van der Waals surface area (Å²) in [6, 6.07) is 17.1. The van der Waals surface area contributed by atoms with Crippen molar-refractivity contribution < 1.29 is 14.6 Å². The molecule has 1 aromatic heterocycles. The molecule has 0 aliphatic carbocycles. The molecular weight excluding hydrogens is 332 g/mol. The van der Waals surface area contributed by atoms with Crippen molar-refractivity contribution in [1.82, 2.24) is 0 Å². The van der Waals surface area contributed by atoms with Crippen molar-refractivity contribution in [1.29, 1.82) is 0 Å². The van der Waals surface area contributed by atoms with Crippen LogP contribution in [0.1, 0.15) is 21.6 Å². The largest absolute Gasteiger partial charge is 0.478 e. The standard InChI is InChI=1S/C21H18O3S/c1-14-5-6-15(2)19(12-14)24-17-9-7-16(8-10-17)13-18(21(22)23)20-4-3-11-25-20/h3-13H,1-2H3,(H,22,23)/b18-13-. The molecule has 1 heterocycles. The Kier molecular flexibility index (Phi) is 5.00. The highest BCUT2D eigenvalue weighted by Gasteiger charge is 2.11. The van der Waals surface area contributed by atoms with Crippen molar-refractivity contribution >= 4 is 29.0 Å². The van der Waals surface area contributed by atoms with Gasteiger partial charge in [0.05, 0.1) is 5.57 Å². The van der Waals surface area contributed by atoms with Crippen molar-refractivity contribution in [2.75, 3.05) is 0 Å². The molecule has 0 atom stereocenters. The molecule has 4 heteroatoms. The first-order chi connectivity index (χ1) is 12.0. The number of carbonyl (C=O) groups is 1. The molecule has 0 bridgehead atoms. The number of rotatable bonds is 5. The summed E-state index contributed by atoms with van der Waals surface area (Å²) in [4.78, 5) is 12.2. The lowest BCUT2D eigenvalue weighted by Crippen LogP contribution is -1.97. The third kappa shape index (κ3) is 4.17. The number of hydrogen-bond donors (Lipinski definition) is 1. The number of ether oxygens (including phenoxy) is 1. The Labute approximate surface area is 150 Å². The van der Waals surface area contributed by atoms with Gasteiger partial charge in [-0.25, -0.2) is 4.79 Å². The molecule has 126 valence electrons. The first-order valence-corrected chi connectivity index (χ1v) is 8.75. The Morgan fingerprint density at radius 3 is 2.48 bits per heavy atom. The molecule has 0 radical (unpaired) electrons. The van der Waals surface area contributed by atoms with E-state index in [4.69, 9.17) is 4.74 Å². The van der Waals surface area contributed by atoms with Crippen LogP contribution in [0.15, 0.2) is 60.0 Å². The maximum Gasteiger partial charge on any atom is 0.337 e. The molecular formula is C21H18O3S. The Hall–Kier alpha value is -2.85. The van der Waals surface area contributed by atoms with Crippen LogP contribution in [0.3, 0.4) is 0 Å².